The number of aromatic nitrogens is 6. The van der Waals surface area contributed by atoms with Gasteiger partial charge in [0.2, 0.25) is 0 Å². The average Bonchev–Trinajstić information content (AvgIpc) is 3.25. The van der Waals surface area contributed by atoms with Crippen molar-refractivity contribution in [3.05, 3.63) is 22.8 Å². The molecule has 0 bridgehead atoms. The van der Waals surface area contributed by atoms with Gasteiger partial charge in [-0.2, -0.15) is 0 Å². The van der Waals surface area contributed by atoms with Crippen LogP contribution in [0.5, 0.6) is 0 Å². The smallest absolute Gasteiger partial charge is 0.0859 e. The van der Waals surface area contributed by atoms with Crippen molar-refractivity contribution in [3.63, 3.8) is 0 Å². The largest absolute Gasteiger partial charge is 0.248 e. The summed E-state index contributed by atoms with van der Waals surface area (Å²) in [6.45, 7) is 6.42. The first-order valence-electron chi connectivity index (χ1n) is 9.07. The highest BCUT2D eigenvalue weighted by Gasteiger charge is 2.46. The van der Waals surface area contributed by atoms with Gasteiger partial charge in [0.05, 0.1) is 35.9 Å². The number of rotatable bonds is 6. The van der Waals surface area contributed by atoms with Crippen LogP contribution in [0.4, 0.5) is 0 Å². The predicted molar refractivity (Wildman–Crippen MR) is 87.1 cm³/mol. The van der Waals surface area contributed by atoms with Crippen LogP contribution in [0.25, 0.3) is 0 Å². The average molecular weight is 314 g/mol. The Bertz CT molecular complexity index is 638. The molecule has 0 unspecified atom stereocenters. The first-order valence-corrected chi connectivity index (χ1v) is 9.07. The summed E-state index contributed by atoms with van der Waals surface area (Å²) in [6, 6.07) is 0. The molecule has 1 spiro atoms. The van der Waals surface area contributed by atoms with Crippen molar-refractivity contribution >= 4 is 0 Å². The van der Waals surface area contributed by atoms with Crippen molar-refractivity contribution in [1.29, 1.82) is 0 Å². The van der Waals surface area contributed by atoms with Gasteiger partial charge < -0.3 is 0 Å². The molecule has 0 aliphatic carbocycles. The fourth-order valence-corrected chi connectivity index (χ4v) is 4.14. The van der Waals surface area contributed by atoms with Crippen LogP contribution in [0.1, 0.15) is 62.3 Å². The summed E-state index contributed by atoms with van der Waals surface area (Å²) in [4.78, 5) is 0. The summed E-state index contributed by atoms with van der Waals surface area (Å²) in [5.41, 5.74) is 5.44. The Morgan fingerprint density at radius 2 is 1.30 bits per heavy atom. The zero-order valence-corrected chi connectivity index (χ0v) is 14.3. The molecule has 2 aliphatic rings. The monoisotopic (exact) mass is 314 g/mol. The topological polar surface area (TPSA) is 61.4 Å². The van der Waals surface area contributed by atoms with E-state index in [-0.39, 0.29) is 5.41 Å². The molecule has 0 aromatic carbocycles. The summed E-state index contributed by atoms with van der Waals surface area (Å²) < 4.78 is 4.30. The van der Waals surface area contributed by atoms with Gasteiger partial charge >= 0.3 is 0 Å². The van der Waals surface area contributed by atoms with Crippen LogP contribution >= 0.6 is 0 Å². The Morgan fingerprint density at radius 1 is 0.826 bits per heavy atom. The molecule has 6 nitrogen and oxygen atoms in total. The lowest BCUT2D eigenvalue weighted by Gasteiger charge is -2.20. The van der Waals surface area contributed by atoms with Gasteiger partial charge in [-0.05, 0) is 25.7 Å². The Hall–Kier alpha value is -1.72. The molecule has 0 radical (unpaired) electrons. The number of hydrogen-bond acceptors (Lipinski definition) is 4. The fourth-order valence-electron chi connectivity index (χ4n) is 4.14. The standard InChI is InChI=1S/C17H26N6/c1-3-5-7-13-15-9-17(11-22(15)20-18-13)10-16-14(8-6-4-2)19-21-23(16)12-17/h3-12H2,1-2H3. The van der Waals surface area contributed by atoms with Gasteiger partial charge in [-0.3, -0.25) is 0 Å². The summed E-state index contributed by atoms with van der Waals surface area (Å²) in [6.07, 6.45) is 9.13. The summed E-state index contributed by atoms with van der Waals surface area (Å²) in [7, 11) is 0. The van der Waals surface area contributed by atoms with E-state index in [0.717, 1.165) is 38.8 Å². The summed E-state index contributed by atoms with van der Waals surface area (Å²) in [5, 5.41) is 17.6. The lowest BCUT2D eigenvalue weighted by atomic mass is 9.83. The number of aryl methyl sites for hydroxylation is 2. The van der Waals surface area contributed by atoms with Gasteiger partial charge in [-0.25, -0.2) is 9.36 Å². The van der Waals surface area contributed by atoms with Crippen molar-refractivity contribution < 1.29 is 0 Å². The molecule has 0 N–H and O–H groups in total. The number of hydrogen-bond donors (Lipinski definition) is 0. The van der Waals surface area contributed by atoms with E-state index >= 15 is 0 Å². The maximum Gasteiger partial charge on any atom is 0.0859 e. The number of nitrogens with zero attached hydrogens (tertiary/aromatic N) is 6. The normalized spacial score (nSPS) is 17.8. The van der Waals surface area contributed by atoms with Crippen molar-refractivity contribution in [2.45, 2.75) is 78.3 Å². The second kappa shape index (κ2) is 5.73. The zero-order valence-electron chi connectivity index (χ0n) is 14.3. The lowest BCUT2D eigenvalue weighted by Crippen LogP contribution is -2.25. The summed E-state index contributed by atoms with van der Waals surface area (Å²) >= 11 is 0. The van der Waals surface area contributed by atoms with Crippen LogP contribution in [0.15, 0.2) is 0 Å². The molecule has 6 heteroatoms. The molecule has 23 heavy (non-hydrogen) atoms. The van der Waals surface area contributed by atoms with Gasteiger partial charge in [0.15, 0.2) is 0 Å². The minimum absolute atomic E-state index is 0.262. The number of unbranched alkanes of at least 4 members (excludes halogenated alkanes) is 2. The maximum atomic E-state index is 4.41. The third-order valence-electron chi connectivity index (χ3n) is 5.43. The van der Waals surface area contributed by atoms with Gasteiger partial charge in [0.1, 0.15) is 0 Å². The maximum absolute atomic E-state index is 4.41. The Morgan fingerprint density at radius 3 is 1.74 bits per heavy atom. The molecule has 4 rings (SSSR count). The zero-order chi connectivity index (χ0) is 15.9. The van der Waals surface area contributed by atoms with Gasteiger partial charge in [-0.15, -0.1) is 10.2 Å². The van der Waals surface area contributed by atoms with E-state index in [1.54, 1.807) is 0 Å². The molecule has 2 aliphatic heterocycles. The molecule has 0 atom stereocenters. The van der Waals surface area contributed by atoms with Crippen molar-refractivity contribution in [1.82, 2.24) is 30.0 Å². The SMILES string of the molecule is CCCCc1nnn2c1CC1(Cc3c(CCCC)nnn3C1)C2. The minimum Gasteiger partial charge on any atom is -0.248 e. The lowest BCUT2D eigenvalue weighted by molar-refractivity contribution is 0.254. The van der Waals surface area contributed by atoms with E-state index in [9.17, 15) is 0 Å². The fraction of sp³-hybridized carbons (Fsp3) is 0.765. The molecule has 2 aromatic rings. The van der Waals surface area contributed by atoms with Crippen LogP contribution in [0.2, 0.25) is 0 Å². The van der Waals surface area contributed by atoms with Crippen LogP contribution < -0.4 is 0 Å². The first kappa shape index (κ1) is 14.8. The molecular weight excluding hydrogens is 288 g/mol. The van der Waals surface area contributed by atoms with Crippen LogP contribution in [0, 0.1) is 5.41 Å². The Labute approximate surface area is 137 Å². The molecule has 0 amide bonds. The van der Waals surface area contributed by atoms with Crippen molar-refractivity contribution in [2.75, 3.05) is 0 Å². The molecule has 2 aromatic heterocycles. The second-order valence-corrected chi connectivity index (χ2v) is 7.34. The first-order chi connectivity index (χ1) is 11.2. The molecule has 0 saturated carbocycles. The van der Waals surface area contributed by atoms with E-state index in [1.807, 2.05) is 0 Å². The van der Waals surface area contributed by atoms with E-state index < -0.39 is 0 Å². The summed E-state index contributed by atoms with van der Waals surface area (Å²) in [5.74, 6) is 0. The van der Waals surface area contributed by atoms with E-state index in [2.05, 4.69) is 43.8 Å². The van der Waals surface area contributed by atoms with Crippen LogP contribution in [-0.4, -0.2) is 30.0 Å². The highest BCUT2D eigenvalue weighted by atomic mass is 15.5. The molecule has 0 fully saturated rings. The van der Waals surface area contributed by atoms with E-state index in [0.29, 0.717) is 0 Å². The van der Waals surface area contributed by atoms with Crippen molar-refractivity contribution in [2.24, 2.45) is 5.41 Å². The molecule has 124 valence electrons. The van der Waals surface area contributed by atoms with Crippen LogP contribution in [-0.2, 0) is 38.8 Å². The van der Waals surface area contributed by atoms with Gasteiger partial charge in [-0.1, -0.05) is 37.1 Å². The highest BCUT2D eigenvalue weighted by Crippen LogP contribution is 2.42. The van der Waals surface area contributed by atoms with Crippen molar-refractivity contribution in [3.8, 4) is 0 Å². The van der Waals surface area contributed by atoms with Crippen LogP contribution in [0.3, 0.4) is 0 Å². The third-order valence-corrected chi connectivity index (χ3v) is 5.43. The molecule has 4 heterocycles. The molecule has 0 saturated heterocycles. The third kappa shape index (κ3) is 2.48. The number of fused-ring (bicyclic) bond motifs is 2. The Balaban J connectivity index is 1.51. The predicted octanol–water partition coefficient (Wildman–Crippen LogP) is 2.35. The minimum atomic E-state index is 0.262. The molecular formula is C17H26N6. The highest BCUT2D eigenvalue weighted by molar-refractivity contribution is 5.24. The van der Waals surface area contributed by atoms with E-state index in [4.69, 9.17) is 0 Å². The van der Waals surface area contributed by atoms with E-state index in [1.165, 1.54) is 48.5 Å². The Kier molecular flexibility index (Phi) is 3.70. The second-order valence-electron chi connectivity index (χ2n) is 7.34. The quantitative estimate of drug-likeness (QED) is 0.821. The van der Waals surface area contributed by atoms with Gasteiger partial charge in [0.25, 0.3) is 0 Å². The van der Waals surface area contributed by atoms with Gasteiger partial charge in [0, 0.05) is 18.3 Å².